The molecule has 12 nitrogen and oxygen atoms in total. The zero-order chi connectivity index (χ0) is 22.6. The van der Waals surface area contributed by atoms with Gasteiger partial charge in [-0.05, 0) is 25.7 Å². The molecule has 0 aromatic carbocycles. The fourth-order valence-corrected chi connectivity index (χ4v) is 2.06. The molecule has 0 aromatic rings. The van der Waals surface area contributed by atoms with Crippen LogP contribution in [0.1, 0.15) is 25.7 Å². The third-order valence-corrected chi connectivity index (χ3v) is 4.47. The number of carboxylic acids is 4. The van der Waals surface area contributed by atoms with Gasteiger partial charge in [0.25, 0.3) is 0 Å². The number of rotatable bonds is 12. The highest BCUT2D eigenvalue weighted by Crippen LogP contribution is 2.11. The van der Waals surface area contributed by atoms with E-state index in [-0.39, 0.29) is 25.7 Å². The Kier molecular flexibility index (Phi) is 14.6. The summed E-state index contributed by atoms with van der Waals surface area (Å²) in [5, 5.41) is 32.2. The van der Waals surface area contributed by atoms with Gasteiger partial charge < -0.3 is 43.4 Å². The predicted molar refractivity (Wildman–Crippen MR) is 100 cm³/mol. The zero-order valence-electron chi connectivity index (χ0n) is 14.8. The first kappa shape index (κ1) is 28.5. The fourth-order valence-electron chi connectivity index (χ4n) is 1.59. The fraction of sp³-hybridized carbons (Fsp3) is 0.714. The van der Waals surface area contributed by atoms with Crippen LogP contribution in [-0.2, 0) is 19.2 Å². The van der Waals surface area contributed by atoms with Crippen molar-refractivity contribution in [2.75, 3.05) is 0 Å². The molecule has 164 valence electrons. The van der Waals surface area contributed by atoms with Gasteiger partial charge in [-0.2, -0.15) is 0 Å². The number of hydrogen-bond donors (Lipinski definition) is 8. The Bertz CT molecular complexity index is 493. The Hall–Kier alpha value is -1.70. The molecule has 0 aliphatic heterocycles. The Morgan fingerprint density at radius 3 is 1.00 bits per heavy atom. The van der Waals surface area contributed by atoms with Crippen molar-refractivity contribution in [1.82, 2.24) is 0 Å². The first-order chi connectivity index (χ1) is 12.7. The molecule has 14 heteroatoms. The van der Waals surface area contributed by atoms with Crippen molar-refractivity contribution in [3.05, 3.63) is 0 Å². The van der Waals surface area contributed by atoms with Crippen LogP contribution in [0.4, 0.5) is 0 Å². The van der Waals surface area contributed by atoms with Gasteiger partial charge in [0.05, 0.1) is 10.8 Å². The molecule has 0 fully saturated rings. The van der Waals surface area contributed by atoms with Crippen LogP contribution in [0.15, 0.2) is 0 Å². The molecule has 0 aromatic heterocycles. The highest BCUT2D eigenvalue weighted by molar-refractivity contribution is 6.22. The lowest BCUT2D eigenvalue weighted by Crippen LogP contribution is -2.40. The van der Waals surface area contributed by atoms with E-state index < -0.39 is 58.8 Å². The van der Waals surface area contributed by atoms with Crippen LogP contribution in [-0.4, -0.2) is 79.2 Å². The van der Waals surface area contributed by atoms with Crippen LogP contribution in [0.5, 0.6) is 0 Å². The number of hydrogen-bond acceptors (Lipinski definition) is 8. The van der Waals surface area contributed by atoms with E-state index in [0.717, 1.165) is 0 Å². The van der Waals surface area contributed by atoms with E-state index in [1.165, 1.54) is 0 Å². The van der Waals surface area contributed by atoms with E-state index in [2.05, 4.69) is 0 Å². The van der Waals surface area contributed by atoms with E-state index in [0.29, 0.717) is 0 Å². The number of halogens is 2. The van der Waals surface area contributed by atoms with Crippen molar-refractivity contribution in [2.45, 2.75) is 60.6 Å². The molecule has 12 N–H and O–H groups in total. The lowest BCUT2D eigenvalue weighted by molar-refractivity contribution is -0.140. The molecule has 0 aliphatic carbocycles. The molecular formula is C14H26Cl2N4O8. The lowest BCUT2D eigenvalue weighted by Gasteiger charge is -2.14. The molecule has 0 rings (SSSR count). The van der Waals surface area contributed by atoms with Crippen molar-refractivity contribution in [2.24, 2.45) is 22.9 Å². The van der Waals surface area contributed by atoms with Gasteiger partial charge in [0, 0.05) is 0 Å². The summed E-state index contributed by atoms with van der Waals surface area (Å²) in [6.45, 7) is 0. The van der Waals surface area contributed by atoms with E-state index in [9.17, 15) is 19.2 Å². The van der Waals surface area contributed by atoms with Gasteiger partial charge in [-0.3, -0.25) is 19.2 Å². The van der Waals surface area contributed by atoms with Crippen molar-refractivity contribution in [1.29, 1.82) is 0 Å². The molecule has 0 spiro atoms. The minimum atomic E-state index is -1.21. The predicted octanol–water partition coefficient (Wildman–Crippen LogP) is -1.60. The molecule has 28 heavy (non-hydrogen) atoms. The van der Waals surface area contributed by atoms with Gasteiger partial charge >= 0.3 is 23.9 Å². The highest BCUT2D eigenvalue weighted by atomic mass is 35.5. The molecule has 0 amide bonds. The second kappa shape index (κ2) is 14.3. The number of nitrogens with two attached hydrogens (primary N) is 4. The first-order valence-corrected chi connectivity index (χ1v) is 8.81. The molecule has 0 saturated carbocycles. The van der Waals surface area contributed by atoms with E-state index in [4.69, 9.17) is 66.6 Å². The molecule has 0 saturated heterocycles. The van der Waals surface area contributed by atoms with E-state index >= 15 is 0 Å². The topological polar surface area (TPSA) is 253 Å². The summed E-state index contributed by atoms with van der Waals surface area (Å²) >= 11 is 11.2. The zero-order valence-corrected chi connectivity index (χ0v) is 16.3. The molecule has 0 aliphatic rings. The molecule has 0 radical (unpaired) electrons. The van der Waals surface area contributed by atoms with Gasteiger partial charge in [-0.15, -0.1) is 23.2 Å². The molecular weight excluding hydrogens is 423 g/mol. The van der Waals surface area contributed by atoms with Crippen molar-refractivity contribution in [3.63, 3.8) is 0 Å². The van der Waals surface area contributed by atoms with Gasteiger partial charge in [0.1, 0.15) is 24.2 Å². The average Bonchev–Trinajstić information content (AvgIpc) is 2.61. The van der Waals surface area contributed by atoms with Crippen LogP contribution < -0.4 is 22.9 Å². The van der Waals surface area contributed by atoms with E-state index in [1.807, 2.05) is 0 Å². The maximum absolute atomic E-state index is 10.4. The van der Waals surface area contributed by atoms with Gasteiger partial charge in [-0.25, -0.2) is 0 Å². The average molecular weight is 449 g/mol. The largest absolute Gasteiger partial charge is 0.480 e. The minimum Gasteiger partial charge on any atom is -0.480 e. The standard InChI is InChI=1S/2C7H13ClN2O4/c2*8-3(5(10)7(13)14)1-2-4(9)6(11)12/h2*3-5H,1-2,9-10H2,(H,11,12)(H,13,14)/t3?,4-,5?;/m0./s1. The van der Waals surface area contributed by atoms with Crippen LogP contribution in [0.25, 0.3) is 0 Å². The third kappa shape index (κ3) is 12.6. The molecule has 5 unspecified atom stereocenters. The lowest BCUT2D eigenvalue weighted by atomic mass is 10.1. The summed E-state index contributed by atoms with van der Waals surface area (Å²) in [6.07, 6.45) is 0.514. The number of aliphatic carboxylic acids is 4. The van der Waals surface area contributed by atoms with Crippen molar-refractivity contribution in [3.8, 4) is 0 Å². The minimum absolute atomic E-state index is 0.102. The maximum atomic E-state index is 10.4. The molecule has 0 bridgehead atoms. The highest BCUT2D eigenvalue weighted by Gasteiger charge is 2.24. The number of carboxylic acid groups (broad SMARTS) is 4. The Labute approximate surface area is 170 Å². The summed E-state index contributed by atoms with van der Waals surface area (Å²) in [5.41, 5.74) is 20.8. The summed E-state index contributed by atoms with van der Waals surface area (Å²) < 4.78 is 0. The second-order valence-corrected chi connectivity index (χ2v) is 6.93. The van der Waals surface area contributed by atoms with Gasteiger partial charge in [0.2, 0.25) is 0 Å². The van der Waals surface area contributed by atoms with Crippen LogP contribution >= 0.6 is 23.2 Å². The third-order valence-electron chi connectivity index (χ3n) is 3.49. The normalized spacial score (nSPS) is 17.1. The Balaban J connectivity index is 0. The Morgan fingerprint density at radius 2 is 0.821 bits per heavy atom. The SMILES string of the molecule is NC(C(=O)O)C(Cl)CC[C@H](N)C(=O)O.NC(CCC(Cl)C(N)C(=O)O)C(=O)O. The van der Waals surface area contributed by atoms with Gasteiger partial charge in [0.15, 0.2) is 0 Å². The maximum Gasteiger partial charge on any atom is 0.322 e. The molecule has 6 atom stereocenters. The van der Waals surface area contributed by atoms with Gasteiger partial charge in [-0.1, -0.05) is 0 Å². The first-order valence-electron chi connectivity index (χ1n) is 7.94. The summed E-state index contributed by atoms with van der Waals surface area (Å²) in [5.74, 6) is -4.71. The van der Waals surface area contributed by atoms with Crippen LogP contribution in [0.3, 0.4) is 0 Å². The quantitative estimate of drug-likeness (QED) is 0.157. The smallest absolute Gasteiger partial charge is 0.322 e. The number of carbonyl (C=O) groups is 4. The Morgan fingerprint density at radius 1 is 0.571 bits per heavy atom. The van der Waals surface area contributed by atoms with Crippen LogP contribution in [0, 0.1) is 0 Å². The summed E-state index contributed by atoms with van der Waals surface area (Å²) in [7, 11) is 0. The van der Waals surface area contributed by atoms with Crippen LogP contribution in [0.2, 0.25) is 0 Å². The monoisotopic (exact) mass is 448 g/mol. The second-order valence-electron chi connectivity index (χ2n) is 5.80. The van der Waals surface area contributed by atoms with Crippen molar-refractivity contribution >= 4 is 47.1 Å². The van der Waals surface area contributed by atoms with E-state index in [1.54, 1.807) is 0 Å². The molecule has 0 heterocycles. The van der Waals surface area contributed by atoms with Crippen molar-refractivity contribution < 1.29 is 39.6 Å². The summed E-state index contributed by atoms with van der Waals surface area (Å²) in [4.78, 5) is 41.3. The summed E-state index contributed by atoms with van der Waals surface area (Å²) in [6, 6.07) is -4.45. The number of alkyl halides is 2.